The predicted octanol–water partition coefficient (Wildman–Crippen LogP) is 2.68. The first-order valence-electron chi connectivity index (χ1n) is 5.87. The van der Waals surface area contributed by atoms with Gasteiger partial charge in [-0.25, -0.2) is 9.78 Å². The Hall–Kier alpha value is -2.56. The Kier molecular flexibility index (Phi) is 2.59. The van der Waals surface area contributed by atoms with Gasteiger partial charge in [-0.05, 0) is 25.1 Å². The lowest BCUT2D eigenvalue weighted by atomic mass is 10.2. The van der Waals surface area contributed by atoms with Gasteiger partial charge < -0.3 is 14.1 Å². The number of hydrogen-bond acceptors (Lipinski definition) is 3. The quantitative estimate of drug-likeness (QED) is 0.782. The molecule has 0 spiro atoms. The second kappa shape index (κ2) is 4.28. The minimum atomic E-state index is -0.945. The highest BCUT2D eigenvalue weighted by Crippen LogP contribution is 2.22. The van der Waals surface area contributed by atoms with Crippen LogP contribution in [0.5, 0.6) is 0 Å². The number of fused-ring (bicyclic) bond motifs is 1. The molecule has 0 unspecified atom stereocenters. The number of aryl methyl sites for hydroxylation is 1. The minimum absolute atomic E-state index is 0.265. The van der Waals surface area contributed by atoms with Crippen LogP contribution in [-0.2, 0) is 6.54 Å². The molecule has 1 aromatic carbocycles. The van der Waals surface area contributed by atoms with Crippen LogP contribution in [0.4, 0.5) is 0 Å². The van der Waals surface area contributed by atoms with Gasteiger partial charge in [-0.2, -0.15) is 0 Å². The summed E-state index contributed by atoms with van der Waals surface area (Å²) in [7, 11) is 0. The monoisotopic (exact) mass is 256 g/mol. The molecule has 3 aromatic rings. The zero-order chi connectivity index (χ0) is 13.4. The van der Waals surface area contributed by atoms with Crippen molar-refractivity contribution < 1.29 is 14.3 Å². The average Bonchev–Trinajstić information content (AvgIpc) is 2.98. The van der Waals surface area contributed by atoms with Crippen LogP contribution >= 0.6 is 0 Å². The van der Waals surface area contributed by atoms with Crippen molar-refractivity contribution in [3.05, 3.63) is 53.7 Å². The van der Waals surface area contributed by atoms with Crippen LogP contribution < -0.4 is 0 Å². The van der Waals surface area contributed by atoms with E-state index in [0.717, 1.165) is 11.4 Å². The van der Waals surface area contributed by atoms with Gasteiger partial charge in [0.2, 0.25) is 0 Å². The van der Waals surface area contributed by atoms with Gasteiger partial charge in [-0.15, -0.1) is 0 Å². The molecular weight excluding hydrogens is 244 g/mol. The van der Waals surface area contributed by atoms with Crippen molar-refractivity contribution in [2.75, 3.05) is 0 Å². The van der Waals surface area contributed by atoms with Crippen molar-refractivity contribution in [2.45, 2.75) is 13.5 Å². The van der Waals surface area contributed by atoms with Crippen LogP contribution in [0, 0.1) is 6.92 Å². The maximum atomic E-state index is 11.3. The van der Waals surface area contributed by atoms with Gasteiger partial charge in [0.25, 0.3) is 0 Å². The second-order valence-corrected chi connectivity index (χ2v) is 4.36. The third-order valence-corrected chi connectivity index (χ3v) is 3.11. The highest BCUT2D eigenvalue weighted by atomic mass is 16.4. The number of aromatic nitrogens is 2. The topological polar surface area (TPSA) is 68.3 Å². The van der Waals surface area contributed by atoms with Crippen LogP contribution in [0.1, 0.15) is 21.7 Å². The summed E-state index contributed by atoms with van der Waals surface area (Å²) in [5, 5.41) is 9.28. The second-order valence-electron chi connectivity index (χ2n) is 4.36. The first kappa shape index (κ1) is 11.5. The number of carboxylic acids is 1. The fourth-order valence-corrected chi connectivity index (χ4v) is 2.23. The molecule has 19 heavy (non-hydrogen) atoms. The van der Waals surface area contributed by atoms with E-state index in [-0.39, 0.29) is 5.56 Å². The normalized spacial score (nSPS) is 11.0. The summed E-state index contributed by atoms with van der Waals surface area (Å²) in [6, 6.07) is 6.98. The number of nitrogens with zero attached hydrogens (tertiary/aromatic N) is 2. The van der Waals surface area contributed by atoms with Gasteiger partial charge in [0, 0.05) is 5.56 Å². The molecule has 0 radical (unpaired) electrons. The van der Waals surface area contributed by atoms with Crippen LogP contribution in [0.15, 0.2) is 41.2 Å². The Balaban J connectivity index is 2.22. The maximum absolute atomic E-state index is 11.3. The van der Waals surface area contributed by atoms with Crippen molar-refractivity contribution in [2.24, 2.45) is 0 Å². The SMILES string of the molecule is Cc1nc2cccc(C(=O)O)c2n1Cc1ccoc1. The predicted molar refractivity (Wildman–Crippen MR) is 69.2 cm³/mol. The summed E-state index contributed by atoms with van der Waals surface area (Å²) >= 11 is 0. The Morgan fingerprint density at radius 1 is 1.42 bits per heavy atom. The molecule has 0 aliphatic heterocycles. The summed E-state index contributed by atoms with van der Waals surface area (Å²) < 4.78 is 6.94. The molecule has 1 N–H and O–H groups in total. The number of para-hydroxylation sites is 1. The Bertz CT molecular complexity index is 741. The zero-order valence-corrected chi connectivity index (χ0v) is 10.3. The van der Waals surface area contributed by atoms with Crippen LogP contribution in [0.3, 0.4) is 0 Å². The number of furan rings is 1. The Morgan fingerprint density at radius 2 is 2.26 bits per heavy atom. The van der Waals surface area contributed by atoms with E-state index in [4.69, 9.17) is 4.42 Å². The summed E-state index contributed by atoms with van der Waals surface area (Å²) in [6.45, 7) is 2.41. The van der Waals surface area contributed by atoms with E-state index in [9.17, 15) is 9.90 Å². The largest absolute Gasteiger partial charge is 0.478 e. The lowest BCUT2D eigenvalue weighted by Crippen LogP contribution is -2.05. The number of rotatable bonds is 3. The van der Waals surface area contributed by atoms with Crippen molar-refractivity contribution in [1.82, 2.24) is 9.55 Å². The zero-order valence-electron chi connectivity index (χ0n) is 10.3. The molecule has 96 valence electrons. The summed E-state index contributed by atoms with van der Waals surface area (Å²) in [6.07, 6.45) is 3.25. The van der Waals surface area contributed by atoms with Crippen LogP contribution in [0.2, 0.25) is 0 Å². The molecule has 0 aliphatic carbocycles. The lowest BCUT2D eigenvalue weighted by Gasteiger charge is -2.06. The molecule has 2 heterocycles. The fraction of sp³-hybridized carbons (Fsp3) is 0.143. The highest BCUT2D eigenvalue weighted by molar-refractivity contribution is 6.01. The number of aromatic carboxylic acids is 1. The molecule has 0 bridgehead atoms. The number of carbonyl (C=O) groups is 1. The van der Waals surface area contributed by atoms with E-state index in [2.05, 4.69) is 4.98 Å². The summed E-state index contributed by atoms with van der Waals surface area (Å²) in [4.78, 5) is 15.7. The maximum Gasteiger partial charge on any atom is 0.337 e. The van der Waals surface area contributed by atoms with E-state index in [0.29, 0.717) is 17.6 Å². The number of carboxylic acid groups (broad SMARTS) is 1. The van der Waals surface area contributed by atoms with E-state index >= 15 is 0 Å². The molecule has 0 atom stereocenters. The first-order valence-corrected chi connectivity index (χ1v) is 5.87. The van der Waals surface area contributed by atoms with Gasteiger partial charge in [-0.1, -0.05) is 6.07 Å². The average molecular weight is 256 g/mol. The standard InChI is InChI=1S/C14H12N2O3/c1-9-15-12-4-2-3-11(14(17)18)13(12)16(9)7-10-5-6-19-8-10/h2-6,8H,7H2,1H3,(H,17,18). The van der Waals surface area contributed by atoms with Gasteiger partial charge in [0.15, 0.2) is 0 Å². The smallest absolute Gasteiger partial charge is 0.337 e. The lowest BCUT2D eigenvalue weighted by molar-refractivity contribution is 0.0698. The minimum Gasteiger partial charge on any atom is -0.478 e. The molecule has 5 nitrogen and oxygen atoms in total. The summed E-state index contributed by atoms with van der Waals surface area (Å²) in [5.74, 6) is -0.163. The van der Waals surface area contributed by atoms with E-state index in [1.807, 2.05) is 23.6 Å². The Labute approximate surface area is 109 Å². The molecule has 3 rings (SSSR count). The van der Waals surface area contributed by atoms with Crippen molar-refractivity contribution >= 4 is 17.0 Å². The molecule has 0 fully saturated rings. The van der Waals surface area contributed by atoms with Gasteiger partial charge in [-0.3, -0.25) is 0 Å². The van der Waals surface area contributed by atoms with E-state index in [1.54, 1.807) is 24.7 Å². The van der Waals surface area contributed by atoms with Crippen molar-refractivity contribution in [1.29, 1.82) is 0 Å². The highest BCUT2D eigenvalue weighted by Gasteiger charge is 2.16. The van der Waals surface area contributed by atoms with Crippen molar-refractivity contribution in [3.63, 3.8) is 0 Å². The van der Waals surface area contributed by atoms with Gasteiger partial charge >= 0.3 is 5.97 Å². The number of benzene rings is 1. The molecule has 0 aliphatic rings. The number of imidazole rings is 1. The Morgan fingerprint density at radius 3 is 2.95 bits per heavy atom. The van der Waals surface area contributed by atoms with Gasteiger partial charge in [0.05, 0.1) is 35.7 Å². The molecule has 0 saturated carbocycles. The van der Waals surface area contributed by atoms with Crippen LogP contribution in [-0.4, -0.2) is 20.6 Å². The van der Waals surface area contributed by atoms with E-state index in [1.165, 1.54) is 0 Å². The van der Waals surface area contributed by atoms with E-state index < -0.39 is 5.97 Å². The van der Waals surface area contributed by atoms with Gasteiger partial charge in [0.1, 0.15) is 5.82 Å². The fourth-order valence-electron chi connectivity index (χ4n) is 2.23. The van der Waals surface area contributed by atoms with Crippen LogP contribution in [0.25, 0.3) is 11.0 Å². The first-order chi connectivity index (χ1) is 9.16. The molecule has 5 heteroatoms. The molecule has 0 amide bonds. The molecular formula is C14H12N2O3. The third-order valence-electron chi connectivity index (χ3n) is 3.11. The molecule has 0 saturated heterocycles. The third kappa shape index (κ3) is 1.89. The molecule has 2 aromatic heterocycles. The summed E-state index contributed by atoms with van der Waals surface area (Å²) in [5.41, 5.74) is 2.58. The number of hydrogen-bond donors (Lipinski definition) is 1. The van der Waals surface area contributed by atoms with Crippen molar-refractivity contribution in [3.8, 4) is 0 Å².